The Bertz CT molecular complexity index is 506. The van der Waals surface area contributed by atoms with Gasteiger partial charge in [0.1, 0.15) is 19.0 Å². The fourth-order valence-electron chi connectivity index (χ4n) is 1.22. The molecule has 0 atom stereocenters. The highest BCUT2D eigenvalue weighted by molar-refractivity contribution is 6.33. The van der Waals surface area contributed by atoms with Crippen molar-refractivity contribution in [2.45, 2.75) is 13.8 Å². The summed E-state index contributed by atoms with van der Waals surface area (Å²) in [6.45, 7) is 11.6. The van der Waals surface area contributed by atoms with Crippen molar-refractivity contribution in [1.82, 2.24) is 0 Å². The fraction of sp³-hybridized carbons (Fsp3) is 0.267. The zero-order valence-corrected chi connectivity index (χ0v) is 11.9. The lowest BCUT2D eigenvalue weighted by Crippen LogP contribution is -2.08. The second kappa shape index (κ2) is 7.00. The molecule has 0 heterocycles. The molecule has 1 aromatic rings. The van der Waals surface area contributed by atoms with Gasteiger partial charge in [0.2, 0.25) is 0 Å². The van der Waals surface area contributed by atoms with Gasteiger partial charge in [0, 0.05) is 0 Å². The first-order chi connectivity index (χ1) is 8.90. The second-order valence-corrected chi connectivity index (χ2v) is 4.83. The molecule has 1 aromatic carbocycles. The third kappa shape index (κ3) is 5.18. The van der Waals surface area contributed by atoms with E-state index in [-0.39, 0.29) is 12.2 Å². The maximum Gasteiger partial charge on any atom is 0.340 e. The van der Waals surface area contributed by atoms with Crippen molar-refractivity contribution in [1.29, 1.82) is 0 Å². The van der Waals surface area contributed by atoms with E-state index in [1.165, 1.54) is 0 Å². The van der Waals surface area contributed by atoms with Gasteiger partial charge in [-0.1, -0.05) is 24.8 Å². The van der Waals surface area contributed by atoms with E-state index in [0.29, 0.717) is 17.4 Å². The van der Waals surface area contributed by atoms with Crippen molar-refractivity contribution < 1.29 is 14.3 Å². The van der Waals surface area contributed by atoms with Gasteiger partial charge < -0.3 is 9.47 Å². The monoisotopic (exact) mass is 280 g/mol. The molecule has 0 aliphatic heterocycles. The molecule has 0 N–H and O–H groups in total. The average molecular weight is 281 g/mol. The Kier molecular flexibility index (Phi) is 5.64. The molecule has 0 saturated carbocycles. The Labute approximate surface area is 118 Å². The Morgan fingerprint density at radius 3 is 2.42 bits per heavy atom. The summed E-state index contributed by atoms with van der Waals surface area (Å²) in [6, 6.07) is 4.86. The first-order valence-electron chi connectivity index (χ1n) is 5.78. The van der Waals surface area contributed by atoms with E-state index in [2.05, 4.69) is 13.2 Å². The second-order valence-electron chi connectivity index (χ2n) is 4.42. The van der Waals surface area contributed by atoms with E-state index in [4.69, 9.17) is 21.1 Å². The molecule has 1 rings (SSSR count). The van der Waals surface area contributed by atoms with Gasteiger partial charge in [-0.25, -0.2) is 4.79 Å². The molecule has 0 amide bonds. The zero-order chi connectivity index (χ0) is 14.4. The molecule has 4 heteroatoms. The molecule has 102 valence electrons. The lowest BCUT2D eigenvalue weighted by atomic mass is 10.2. The predicted molar refractivity (Wildman–Crippen MR) is 76.9 cm³/mol. The summed E-state index contributed by atoms with van der Waals surface area (Å²) in [7, 11) is 0. The normalized spacial score (nSPS) is 9.84. The Balaban J connectivity index is 2.81. The minimum absolute atomic E-state index is 0.173. The van der Waals surface area contributed by atoms with E-state index < -0.39 is 5.97 Å². The molecule has 19 heavy (non-hydrogen) atoms. The zero-order valence-electron chi connectivity index (χ0n) is 11.2. The average Bonchev–Trinajstić information content (AvgIpc) is 2.34. The van der Waals surface area contributed by atoms with Crippen LogP contribution in [0.4, 0.5) is 0 Å². The molecule has 0 fully saturated rings. The first-order valence-corrected chi connectivity index (χ1v) is 6.16. The van der Waals surface area contributed by atoms with Crippen LogP contribution in [0.25, 0.3) is 0 Å². The lowest BCUT2D eigenvalue weighted by molar-refractivity contribution is 0.0540. The van der Waals surface area contributed by atoms with Crippen LogP contribution in [0.1, 0.15) is 24.2 Å². The summed E-state index contributed by atoms with van der Waals surface area (Å²) < 4.78 is 10.5. The minimum Gasteiger partial charge on any atom is -0.489 e. The van der Waals surface area contributed by atoms with Gasteiger partial charge in [-0.3, -0.25) is 0 Å². The van der Waals surface area contributed by atoms with Gasteiger partial charge in [0.05, 0.1) is 10.6 Å². The number of halogens is 1. The van der Waals surface area contributed by atoms with Crippen LogP contribution in [0, 0.1) is 0 Å². The lowest BCUT2D eigenvalue weighted by Gasteiger charge is -2.09. The van der Waals surface area contributed by atoms with Crippen LogP contribution < -0.4 is 4.74 Å². The number of hydrogen-bond donors (Lipinski definition) is 0. The van der Waals surface area contributed by atoms with E-state index >= 15 is 0 Å². The van der Waals surface area contributed by atoms with Crippen LogP contribution in [0.15, 0.2) is 42.5 Å². The van der Waals surface area contributed by atoms with Gasteiger partial charge in [0.15, 0.2) is 0 Å². The van der Waals surface area contributed by atoms with Crippen LogP contribution in [-0.4, -0.2) is 19.2 Å². The number of esters is 1. The molecule has 0 bridgehead atoms. The first kappa shape index (κ1) is 15.3. The highest BCUT2D eigenvalue weighted by atomic mass is 35.5. The highest BCUT2D eigenvalue weighted by Crippen LogP contribution is 2.23. The number of carbonyl (C=O) groups is 1. The molecular formula is C15H17ClO3. The fourth-order valence-corrected chi connectivity index (χ4v) is 1.42. The standard InChI is InChI=1S/C15H17ClO3/c1-10(2)8-18-12-5-6-14(16)13(7-12)15(17)19-9-11(3)4/h5-7H,1,3,8-9H2,2,4H3. The summed E-state index contributed by atoms with van der Waals surface area (Å²) in [5.41, 5.74) is 1.93. The van der Waals surface area contributed by atoms with Gasteiger partial charge in [-0.05, 0) is 43.2 Å². The molecule has 0 aliphatic rings. The van der Waals surface area contributed by atoms with Crippen molar-refractivity contribution in [3.8, 4) is 5.75 Å². The molecular weight excluding hydrogens is 264 g/mol. The maximum atomic E-state index is 11.8. The molecule has 3 nitrogen and oxygen atoms in total. The summed E-state index contributed by atoms with van der Waals surface area (Å²) >= 11 is 5.97. The van der Waals surface area contributed by atoms with Crippen LogP contribution in [0.2, 0.25) is 5.02 Å². The number of hydrogen-bond acceptors (Lipinski definition) is 3. The van der Waals surface area contributed by atoms with E-state index in [0.717, 1.165) is 11.1 Å². The summed E-state index contributed by atoms with van der Waals surface area (Å²) in [6.07, 6.45) is 0. The largest absolute Gasteiger partial charge is 0.489 e. The Morgan fingerprint density at radius 2 is 1.84 bits per heavy atom. The molecule has 0 radical (unpaired) electrons. The van der Waals surface area contributed by atoms with Gasteiger partial charge in [0.25, 0.3) is 0 Å². The van der Waals surface area contributed by atoms with E-state index in [1.54, 1.807) is 25.1 Å². The SMILES string of the molecule is C=C(C)COC(=O)c1cc(OCC(=C)C)ccc1Cl. The molecule has 0 spiro atoms. The number of benzene rings is 1. The van der Waals surface area contributed by atoms with Gasteiger partial charge in [-0.15, -0.1) is 0 Å². The molecule has 0 saturated heterocycles. The van der Waals surface area contributed by atoms with Crippen molar-refractivity contribution in [3.63, 3.8) is 0 Å². The van der Waals surface area contributed by atoms with E-state index in [9.17, 15) is 4.79 Å². The molecule has 0 aliphatic carbocycles. The van der Waals surface area contributed by atoms with Crippen molar-refractivity contribution >= 4 is 17.6 Å². The van der Waals surface area contributed by atoms with Crippen LogP contribution in [-0.2, 0) is 4.74 Å². The molecule has 0 unspecified atom stereocenters. The maximum absolute atomic E-state index is 11.8. The van der Waals surface area contributed by atoms with Crippen LogP contribution >= 0.6 is 11.6 Å². The van der Waals surface area contributed by atoms with Crippen LogP contribution in [0.3, 0.4) is 0 Å². The third-order valence-electron chi connectivity index (χ3n) is 2.09. The van der Waals surface area contributed by atoms with Gasteiger partial charge >= 0.3 is 5.97 Å². The Hall–Kier alpha value is -1.74. The van der Waals surface area contributed by atoms with Crippen molar-refractivity contribution in [2.75, 3.05) is 13.2 Å². The number of rotatable bonds is 6. The van der Waals surface area contributed by atoms with Crippen molar-refractivity contribution in [2.24, 2.45) is 0 Å². The topological polar surface area (TPSA) is 35.5 Å². The quantitative estimate of drug-likeness (QED) is 0.583. The molecule has 0 aromatic heterocycles. The van der Waals surface area contributed by atoms with Crippen molar-refractivity contribution in [3.05, 3.63) is 53.1 Å². The smallest absolute Gasteiger partial charge is 0.340 e. The van der Waals surface area contributed by atoms with Crippen LogP contribution in [0.5, 0.6) is 5.75 Å². The summed E-state index contributed by atoms with van der Waals surface area (Å²) in [4.78, 5) is 11.8. The minimum atomic E-state index is -0.492. The number of carbonyl (C=O) groups excluding carboxylic acids is 1. The van der Waals surface area contributed by atoms with Gasteiger partial charge in [-0.2, -0.15) is 0 Å². The Morgan fingerprint density at radius 1 is 1.21 bits per heavy atom. The summed E-state index contributed by atoms with van der Waals surface area (Å²) in [5, 5.41) is 0.328. The summed E-state index contributed by atoms with van der Waals surface area (Å²) in [5.74, 6) is 0.0588. The highest BCUT2D eigenvalue weighted by Gasteiger charge is 2.13. The third-order valence-corrected chi connectivity index (χ3v) is 2.42. The van der Waals surface area contributed by atoms with E-state index in [1.807, 2.05) is 6.92 Å². The number of ether oxygens (including phenoxy) is 2. The predicted octanol–water partition coefficient (Wildman–Crippen LogP) is 4.03.